The van der Waals surface area contributed by atoms with E-state index in [2.05, 4.69) is 43.7 Å². The Hall–Kier alpha value is -1.31. The summed E-state index contributed by atoms with van der Waals surface area (Å²) < 4.78 is 2.27. The van der Waals surface area contributed by atoms with Crippen LogP contribution in [-0.4, -0.2) is 9.55 Å². The van der Waals surface area contributed by atoms with Crippen molar-refractivity contribution in [2.45, 2.75) is 84.5 Å². The lowest BCUT2D eigenvalue weighted by atomic mass is 10.1. The minimum absolute atomic E-state index is 1.11. The van der Waals surface area contributed by atoms with Crippen molar-refractivity contribution in [1.29, 1.82) is 0 Å². The molecule has 0 aliphatic carbocycles. The molecule has 2 rings (SSSR count). The van der Waals surface area contributed by atoms with E-state index in [4.69, 9.17) is 4.98 Å². The van der Waals surface area contributed by atoms with Gasteiger partial charge in [0.15, 0.2) is 0 Å². The predicted octanol–water partition coefficient (Wildman–Crippen LogP) is 6.35. The number of imidazole rings is 1. The van der Waals surface area contributed by atoms with E-state index in [1.807, 2.05) is 0 Å². The molecule has 0 atom stereocenters. The molecule has 128 valence electrons. The first-order valence-corrected chi connectivity index (χ1v) is 9.65. The largest absolute Gasteiger partial charge is 0.331 e. The van der Waals surface area contributed by atoms with E-state index < -0.39 is 0 Å². The van der Waals surface area contributed by atoms with Crippen molar-refractivity contribution in [2.75, 3.05) is 0 Å². The number of unbranched alkanes of at least 4 members (excludes halogenated alkanes) is 9. The zero-order valence-electron chi connectivity index (χ0n) is 15.4. The Labute approximate surface area is 142 Å². The second-order valence-electron chi connectivity index (χ2n) is 6.96. The second kappa shape index (κ2) is 9.75. The van der Waals surface area contributed by atoms with Gasteiger partial charge < -0.3 is 4.57 Å². The lowest BCUT2D eigenvalue weighted by Gasteiger charge is -2.03. The fraction of sp³-hybridized carbons (Fsp3) is 0.667. The van der Waals surface area contributed by atoms with Crippen molar-refractivity contribution in [3.05, 3.63) is 29.6 Å². The molecule has 1 aromatic heterocycles. The van der Waals surface area contributed by atoms with Crippen LogP contribution in [0, 0.1) is 6.92 Å². The Bertz CT molecular complexity index is 583. The summed E-state index contributed by atoms with van der Waals surface area (Å²) in [6.45, 7) is 4.44. The van der Waals surface area contributed by atoms with Crippen LogP contribution in [0.5, 0.6) is 0 Å². The van der Waals surface area contributed by atoms with E-state index in [1.54, 1.807) is 0 Å². The lowest BCUT2D eigenvalue weighted by Crippen LogP contribution is -1.97. The molecule has 2 heteroatoms. The summed E-state index contributed by atoms with van der Waals surface area (Å²) >= 11 is 0. The van der Waals surface area contributed by atoms with Crippen molar-refractivity contribution in [1.82, 2.24) is 9.55 Å². The van der Waals surface area contributed by atoms with Gasteiger partial charge in [-0.2, -0.15) is 0 Å². The molecule has 0 fully saturated rings. The molecule has 0 unspecified atom stereocenters. The molecule has 0 saturated heterocycles. The third-order valence-corrected chi connectivity index (χ3v) is 4.96. The molecule has 0 radical (unpaired) electrons. The van der Waals surface area contributed by atoms with Gasteiger partial charge in [-0.3, -0.25) is 0 Å². The van der Waals surface area contributed by atoms with Gasteiger partial charge in [0.2, 0.25) is 0 Å². The molecule has 1 heterocycles. The highest BCUT2D eigenvalue weighted by Crippen LogP contribution is 2.20. The number of para-hydroxylation sites is 1. The zero-order chi connectivity index (χ0) is 16.5. The summed E-state index contributed by atoms with van der Waals surface area (Å²) in [5.74, 6) is 1.24. The number of hydrogen-bond donors (Lipinski definition) is 0. The summed E-state index contributed by atoms with van der Waals surface area (Å²) in [7, 11) is 2.15. The number of rotatable bonds is 11. The summed E-state index contributed by atoms with van der Waals surface area (Å²) in [6.07, 6.45) is 15.0. The number of nitrogens with zero attached hydrogens (tertiary/aromatic N) is 2. The maximum Gasteiger partial charge on any atom is 0.109 e. The number of hydrogen-bond acceptors (Lipinski definition) is 1. The second-order valence-corrected chi connectivity index (χ2v) is 6.96. The van der Waals surface area contributed by atoms with Gasteiger partial charge in [-0.15, -0.1) is 0 Å². The molecule has 23 heavy (non-hydrogen) atoms. The monoisotopic (exact) mass is 314 g/mol. The molecule has 0 bridgehead atoms. The first-order chi connectivity index (χ1) is 11.2. The van der Waals surface area contributed by atoms with Crippen molar-refractivity contribution >= 4 is 11.0 Å². The zero-order valence-corrected chi connectivity index (χ0v) is 15.4. The van der Waals surface area contributed by atoms with Gasteiger partial charge in [-0.05, 0) is 25.0 Å². The van der Waals surface area contributed by atoms with Crippen LogP contribution in [0.25, 0.3) is 11.0 Å². The van der Waals surface area contributed by atoms with Crippen molar-refractivity contribution in [3.63, 3.8) is 0 Å². The molecule has 1 aromatic carbocycles. The minimum atomic E-state index is 1.11. The van der Waals surface area contributed by atoms with Gasteiger partial charge >= 0.3 is 0 Å². The van der Waals surface area contributed by atoms with E-state index in [1.165, 1.54) is 86.6 Å². The third kappa shape index (κ3) is 5.37. The average Bonchev–Trinajstić information content (AvgIpc) is 2.87. The quantitative estimate of drug-likeness (QED) is 0.442. The number of benzene rings is 1. The SMILES string of the molecule is CCCCCCCCCCCCc1nc2c(C)cccc2n1C. The van der Waals surface area contributed by atoms with Crippen molar-refractivity contribution < 1.29 is 0 Å². The maximum absolute atomic E-state index is 4.85. The molecule has 0 saturated carbocycles. The highest BCUT2D eigenvalue weighted by atomic mass is 15.1. The van der Waals surface area contributed by atoms with E-state index in [0.717, 1.165) is 6.42 Å². The fourth-order valence-electron chi connectivity index (χ4n) is 3.40. The Morgan fingerprint density at radius 3 is 2.09 bits per heavy atom. The van der Waals surface area contributed by atoms with Crippen LogP contribution in [-0.2, 0) is 13.5 Å². The third-order valence-electron chi connectivity index (χ3n) is 4.96. The molecule has 0 amide bonds. The van der Waals surface area contributed by atoms with Crippen LogP contribution >= 0.6 is 0 Å². The highest BCUT2D eigenvalue weighted by Gasteiger charge is 2.08. The molecular formula is C21H34N2. The first-order valence-electron chi connectivity index (χ1n) is 9.65. The van der Waals surface area contributed by atoms with Crippen LogP contribution in [0.2, 0.25) is 0 Å². The van der Waals surface area contributed by atoms with Crippen molar-refractivity contribution in [2.24, 2.45) is 7.05 Å². The highest BCUT2D eigenvalue weighted by molar-refractivity contribution is 5.79. The van der Waals surface area contributed by atoms with Crippen LogP contribution in [0.3, 0.4) is 0 Å². The molecule has 0 aliphatic rings. The Balaban J connectivity index is 1.63. The van der Waals surface area contributed by atoms with Gasteiger partial charge in [0.05, 0.1) is 11.0 Å². The Morgan fingerprint density at radius 2 is 1.48 bits per heavy atom. The van der Waals surface area contributed by atoms with Gasteiger partial charge in [0.25, 0.3) is 0 Å². The summed E-state index contributed by atoms with van der Waals surface area (Å²) in [5.41, 5.74) is 3.73. The summed E-state index contributed by atoms with van der Waals surface area (Å²) in [5, 5.41) is 0. The lowest BCUT2D eigenvalue weighted by molar-refractivity contribution is 0.553. The number of fused-ring (bicyclic) bond motifs is 1. The molecule has 2 aromatic rings. The van der Waals surface area contributed by atoms with E-state index in [9.17, 15) is 0 Å². The standard InChI is InChI=1S/C21H34N2/c1-4-5-6-7-8-9-10-11-12-13-17-20-22-21-18(2)15-14-16-19(21)23(20)3/h14-16H,4-13,17H2,1-3H3. The average molecular weight is 315 g/mol. The normalized spacial score (nSPS) is 11.4. The van der Waals surface area contributed by atoms with Gasteiger partial charge in [-0.1, -0.05) is 76.8 Å². The van der Waals surface area contributed by atoms with Crippen molar-refractivity contribution in [3.8, 4) is 0 Å². The predicted molar refractivity (Wildman–Crippen MR) is 101 cm³/mol. The Morgan fingerprint density at radius 1 is 0.870 bits per heavy atom. The van der Waals surface area contributed by atoms with E-state index in [-0.39, 0.29) is 0 Å². The first kappa shape index (κ1) is 18.0. The summed E-state index contributed by atoms with van der Waals surface area (Å²) in [6, 6.07) is 6.46. The van der Waals surface area contributed by atoms with Gasteiger partial charge in [-0.25, -0.2) is 4.98 Å². The van der Waals surface area contributed by atoms with Crippen LogP contribution in [0.4, 0.5) is 0 Å². The minimum Gasteiger partial charge on any atom is -0.331 e. The van der Waals surface area contributed by atoms with Gasteiger partial charge in [0.1, 0.15) is 5.82 Å². The molecule has 2 nitrogen and oxygen atoms in total. The molecule has 0 aliphatic heterocycles. The topological polar surface area (TPSA) is 17.8 Å². The molecular weight excluding hydrogens is 280 g/mol. The fourth-order valence-corrected chi connectivity index (χ4v) is 3.40. The molecule has 0 N–H and O–H groups in total. The Kier molecular flexibility index (Phi) is 7.64. The van der Waals surface area contributed by atoms with E-state index in [0.29, 0.717) is 0 Å². The van der Waals surface area contributed by atoms with Gasteiger partial charge in [0, 0.05) is 13.5 Å². The van der Waals surface area contributed by atoms with Crippen LogP contribution in [0.1, 0.15) is 82.5 Å². The smallest absolute Gasteiger partial charge is 0.109 e. The van der Waals surface area contributed by atoms with Crippen LogP contribution in [0.15, 0.2) is 18.2 Å². The van der Waals surface area contributed by atoms with E-state index >= 15 is 0 Å². The maximum atomic E-state index is 4.85. The van der Waals surface area contributed by atoms with Crippen LogP contribution < -0.4 is 0 Å². The molecule has 0 spiro atoms. The number of aromatic nitrogens is 2. The number of aryl methyl sites for hydroxylation is 3. The summed E-state index contributed by atoms with van der Waals surface area (Å²) in [4.78, 5) is 4.85.